The van der Waals surface area contributed by atoms with E-state index in [4.69, 9.17) is 5.11 Å². The Morgan fingerprint density at radius 3 is 2.85 bits per heavy atom. The van der Waals surface area contributed by atoms with Crippen LogP contribution in [0.3, 0.4) is 0 Å². The summed E-state index contributed by atoms with van der Waals surface area (Å²) >= 11 is 0. The predicted molar refractivity (Wildman–Crippen MR) is 76.8 cm³/mol. The fourth-order valence-electron chi connectivity index (χ4n) is 2.07. The van der Waals surface area contributed by atoms with Gasteiger partial charge in [0, 0.05) is 25.0 Å². The molecule has 5 heteroatoms. The van der Waals surface area contributed by atoms with Crippen LogP contribution in [0.25, 0.3) is 5.69 Å². The Kier molecular flexibility index (Phi) is 4.90. The van der Waals surface area contributed by atoms with Crippen molar-refractivity contribution in [1.82, 2.24) is 15.1 Å². The summed E-state index contributed by atoms with van der Waals surface area (Å²) in [6.45, 7) is 2.06. The lowest BCUT2D eigenvalue weighted by molar-refractivity contribution is 0.0929. The van der Waals surface area contributed by atoms with Crippen molar-refractivity contribution in [3.63, 3.8) is 0 Å². The van der Waals surface area contributed by atoms with E-state index in [1.165, 1.54) is 0 Å². The number of carbonyl (C=O) groups excluding carboxylic acids is 1. The maximum absolute atomic E-state index is 12.4. The minimum atomic E-state index is -0.142. The first-order valence-electron chi connectivity index (χ1n) is 6.77. The van der Waals surface area contributed by atoms with E-state index in [1.54, 1.807) is 23.1 Å². The van der Waals surface area contributed by atoms with Crippen molar-refractivity contribution in [1.29, 1.82) is 0 Å². The highest BCUT2D eigenvalue weighted by atomic mass is 16.3. The van der Waals surface area contributed by atoms with E-state index in [1.807, 2.05) is 31.2 Å². The summed E-state index contributed by atoms with van der Waals surface area (Å²) in [6, 6.07) is 9.13. The van der Waals surface area contributed by atoms with E-state index >= 15 is 0 Å². The van der Waals surface area contributed by atoms with Gasteiger partial charge in [0.2, 0.25) is 0 Å². The van der Waals surface area contributed by atoms with E-state index in [0.717, 1.165) is 12.1 Å². The zero-order valence-corrected chi connectivity index (χ0v) is 11.5. The average Bonchev–Trinajstić information content (AvgIpc) is 3.00. The number of para-hydroxylation sites is 1. The van der Waals surface area contributed by atoms with Gasteiger partial charge in [0.05, 0.1) is 11.3 Å². The smallest absolute Gasteiger partial charge is 0.253 e. The minimum absolute atomic E-state index is 0.0156. The monoisotopic (exact) mass is 273 g/mol. The maximum Gasteiger partial charge on any atom is 0.253 e. The van der Waals surface area contributed by atoms with Gasteiger partial charge in [-0.3, -0.25) is 4.79 Å². The topological polar surface area (TPSA) is 67.2 Å². The van der Waals surface area contributed by atoms with E-state index < -0.39 is 0 Å². The molecule has 1 aromatic carbocycles. The molecule has 0 radical (unpaired) electrons. The van der Waals surface area contributed by atoms with Crippen molar-refractivity contribution in [2.75, 3.05) is 6.61 Å². The summed E-state index contributed by atoms with van der Waals surface area (Å²) in [5.74, 6) is -0.142. The molecule has 20 heavy (non-hydrogen) atoms. The van der Waals surface area contributed by atoms with Crippen LogP contribution in [0, 0.1) is 0 Å². The van der Waals surface area contributed by atoms with E-state index in [-0.39, 0.29) is 18.6 Å². The van der Waals surface area contributed by atoms with Crippen LogP contribution in [0.4, 0.5) is 0 Å². The number of nitrogens with zero attached hydrogens (tertiary/aromatic N) is 2. The number of hydrogen-bond donors (Lipinski definition) is 2. The van der Waals surface area contributed by atoms with Gasteiger partial charge in [0.25, 0.3) is 5.91 Å². The van der Waals surface area contributed by atoms with E-state index in [2.05, 4.69) is 10.4 Å². The third-order valence-corrected chi connectivity index (χ3v) is 3.21. The summed E-state index contributed by atoms with van der Waals surface area (Å²) in [4.78, 5) is 12.4. The first-order chi connectivity index (χ1) is 9.76. The second-order valence-electron chi connectivity index (χ2n) is 4.56. The van der Waals surface area contributed by atoms with Crippen LogP contribution in [0.15, 0.2) is 42.7 Å². The quantitative estimate of drug-likeness (QED) is 0.842. The van der Waals surface area contributed by atoms with Crippen LogP contribution >= 0.6 is 0 Å². The first-order valence-corrected chi connectivity index (χ1v) is 6.77. The molecule has 2 rings (SSSR count). The van der Waals surface area contributed by atoms with Crippen LogP contribution in [0.2, 0.25) is 0 Å². The molecule has 0 spiro atoms. The van der Waals surface area contributed by atoms with Gasteiger partial charge >= 0.3 is 0 Å². The molecule has 106 valence electrons. The van der Waals surface area contributed by atoms with Crippen LogP contribution in [0.1, 0.15) is 30.1 Å². The van der Waals surface area contributed by atoms with Crippen LogP contribution in [-0.2, 0) is 0 Å². The number of aromatic nitrogens is 2. The lowest BCUT2D eigenvalue weighted by Crippen LogP contribution is -2.35. The van der Waals surface area contributed by atoms with Gasteiger partial charge in [-0.2, -0.15) is 5.10 Å². The molecule has 1 heterocycles. The Morgan fingerprint density at radius 1 is 1.40 bits per heavy atom. The zero-order valence-electron chi connectivity index (χ0n) is 11.5. The predicted octanol–water partition coefficient (Wildman–Crippen LogP) is 1.76. The number of carbonyl (C=O) groups is 1. The molecule has 0 bridgehead atoms. The molecule has 1 atom stereocenters. The fourth-order valence-corrected chi connectivity index (χ4v) is 2.07. The molecule has 5 nitrogen and oxygen atoms in total. The highest BCUT2D eigenvalue weighted by Gasteiger charge is 2.15. The summed E-state index contributed by atoms with van der Waals surface area (Å²) in [6.07, 6.45) is 4.83. The Bertz CT molecular complexity index is 552. The van der Waals surface area contributed by atoms with Crippen molar-refractivity contribution >= 4 is 5.91 Å². The average molecular weight is 273 g/mol. The molecule has 0 saturated heterocycles. The third-order valence-electron chi connectivity index (χ3n) is 3.21. The van der Waals surface area contributed by atoms with Gasteiger partial charge in [0.15, 0.2) is 0 Å². The normalized spacial score (nSPS) is 12.1. The summed E-state index contributed by atoms with van der Waals surface area (Å²) in [5, 5.41) is 16.1. The molecule has 0 saturated carbocycles. The van der Waals surface area contributed by atoms with Gasteiger partial charge < -0.3 is 10.4 Å². The van der Waals surface area contributed by atoms with Gasteiger partial charge in [-0.25, -0.2) is 4.68 Å². The molecule has 0 aliphatic heterocycles. The van der Waals surface area contributed by atoms with Crippen LogP contribution in [0.5, 0.6) is 0 Å². The molecule has 2 N–H and O–H groups in total. The second kappa shape index (κ2) is 6.86. The highest BCUT2D eigenvalue weighted by molar-refractivity contribution is 5.97. The molecule has 0 aliphatic carbocycles. The highest BCUT2D eigenvalue weighted by Crippen LogP contribution is 2.14. The van der Waals surface area contributed by atoms with Gasteiger partial charge in [-0.1, -0.05) is 19.1 Å². The van der Waals surface area contributed by atoms with Crippen molar-refractivity contribution < 1.29 is 9.90 Å². The largest absolute Gasteiger partial charge is 0.396 e. The third kappa shape index (κ3) is 3.24. The van der Waals surface area contributed by atoms with Crippen molar-refractivity contribution in [2.45, 2.75) is 25.8 Å². The molecular weight excluding hydrogens is 254 g/mol. The fraction of sp³-hybridized carbons (Fsp3) is 0.333. The van der Waals surface area contributed by atoms with Crippen molar-refractivity contribution in [2.24, 2.45) is 0 Å². The molecule has 0 fully saturated rings. The van der Waals surface area contributed by atoms with Crippen molar-refractivity contribution in [3.8, 4) is 5.69 Å². The Balaban J connectivity index is 2.22. The zero-order chi connectivity index (χ0) is 14.4. The lowest BCUT2D eigenvalue weighted by atomic mass is 10.1. The van der Waals surface area contributed by atoms with Crippen molar-refractivity contribution in [3.05, 3.63) is 48.3 Å². The number of hydrogen-bond acceptors (Lipinski definition) is 3. The molecule has 1 aromatic heterocycles. The van der Waals surface area contributed by atoms with Gasteiger partial charge in [-0.15, -0.1) is 0 Å². The number of benzene rings is 1. The number of nitrogens with one attached hydrogen (secondary N) is 1. The number of aliphatic hydroxyl groups excluding tert-OH is 1. The minimum Gasteiger partial charge on any atom is -0.396 e. The summed E-state index contributed by atoms with van der Waals surface area (Å²) < 4.78 is 1.67. The van der Waals surface area contributed by atoms with Gasteiger partial charge in [-0.05, 0) is 31.0 Å². The molecule has 1 unspecified atom stereocenters. The summed E-state index contributed by atoms with van der Waals surface area (Å²) in [5.41, 5.74) is 1.32. The molecular formula is C15H19N3O2. The number of rotatable bonds is 6. The standard InChI is InChI=1S/C15H19N3O2/c1-2-12(8-11-19)17-15(20)13-6-3-4-7-14(13)18-10-5-9-16-18/h3-7,9-10,12,19H,2,8,11H2,1H3,(H,17,20). The second-order valence-corrected chi connectivity index (χ2v) is 4.56. The number of aliphatic hydroxyl groups is 1. The first kappa shape index (κ1) is 14.3. The molecule has 1 amide bonds. The SMILES string of the molecule is CCC(CCO)NC(=O)c1ccccc1-n1cccn1. The van der Waals surface area contributed by atoms with Crippen LogP contribution < -0.4 is 5.32 Å². The Morgan fingerprint density at radius 2 is 2.20 bits per heavy atom. The molecule has 2 aromatic rings. The Labute approximate surface area is 118 Å². The maximum atomic E-state index is 12.4. The number of amides is 1. The van der Waals surface area contributed by atoms with E-state index in [0.29, 0.717) is 12.0 Å². The van der Waals surface area contributed by atoms with Gasteiger partial charge in [0.1, 0.15) is 0 Å². The van der Waals surface area contributed by atoms with E-state index in [9.17, 15) is 4.79 Å². The lowest BCUT2D eigenvalue weighted by Gasteiger charge is -2.17. The molecule has 0 aliphatic rings. The Hall–Kier alpha value is -2.14. The summed E-state index contributed by atoms with van der Waals surface area (Å²) in [7, 11) is 0. The van der Waals surface area contributed by atoms with Crippen LogP contribution in [-0.4, -0.2) is 33.4 Å².